The summed E-state index contributed by atoms with van der Waals surface area (Å²) in [6, 6.07) is 3.92. The maximum Gasteiger partial charge on any atom is 0.163 e. The summed E-state index contributed by atoms with van der Waals surface area (Å²) in [5, 5.41) is 7.89. The Morgan fingerprint density at radius 3 is 2.71 bits per heavy atom. The average molecular weight is 352 g/mol. The van der Waals surface area contributed by atoms with Gasteiger partial charge in [0.05, 0.1) is 11.4 Å². The van der Waals surface area contributed by atoms with Crippen molar-refractivity contribution in [2.75, 3.05) is 18.5 Å². The van der Waals surface area contributed by atoms with E-state index in [9.17, 15) is 0 Å². The molecule has 1 aromatic heterocycles. The number of anilines is 1. The van der Waals surface area contributed by atoms with E-state index >= 15 is 0 Å². The lowest BCUT2D eigenvalue weighted by Crippen LogP contribution is -2.15. The molecule has 0 saturated heterocycles. The van der Waals surface area contributed by atoms with E-state index in [-0.39, 0.29) is 0 Å². The van der Waals surface area contributed by atoms with Crippen LogP contribution in [0.15, 0.2) is 22.8 Å². The molecule has 1 aliphatic heterocycles. The fraction of sp³-hybridized carbons (Fsp3) is 0.400. The number of benzene rings is 1. The molecule has 1 aliphatic rings. The van der Waals surface area contributed by atoms with Crippen LogP contribution >= 0.6 is 15.9 Å². The number of aryl methyl sites for hydroxylation is 2. The van der Waals surface area contributed by atoms with E-state index < -0.39 is 0 Å². The Morgan fingerprint density at radius 2 is 2.00 bits per heavy atom. The Labute approximate surface area is 132 Å². The number of hydrogen-bond donors (Lipinski definition) is 1. The van der Waals surface area contributed by atoms with Gasteiger partial charge in [0.15, 0.2) is 11.5 Å². The van der Waals surface area contributed by atoms with Crippen LogP contribution in [-0.2, 0) is 20.0 Å². The van der Waals surface area contributed by atoms with E-state index in [4.69, 9.17) is 9.47 Å². The minimum Gasteiger partial charge on any atom is -0.486 e. The number of halogens is 1. The molecule has 2 aromatic rings. The third-order valence-corrected chi connectivity index (χ3v) is 4.08. The predicted molar refractivity (Wildman–Crippen MR) is 85.0 cm³/mol. The molecular weight excluding hydrogens is 334 g/mol. The van der Waals surface area contributed by atoms with E-state index in [1.165, 1.54) is 5.56 Å². The van der Waals surface area contributed by atoms with E-state index in [0.717, 1.165) is 40.3 Å². The number of nitrogens with one attached hydrogen (secondary N) is 1. The molecule has 0 saturated carbocycles. The van der Waals surface area contributed by atoms with E-state index in [1.807, 2.05) is 23.9 Å². The quantitative estimate of drug-likeness (QED) is 0.919. The average Bonchev–Trinajstić information content (AvgIpc) is 2.85. The molecule has 0 bridgehead atoms. The first-order valence-corrected chi connectivity index (χ1v) is 7.81. The molecule has 21 heavy (non-hydrogen) atoms. The van der Waals surface area contributed by atoms with Crippen molar-refractivity contribution in [3.05, 3.63) is 34.1 Å². The zero-order chi connectivity index (χ0) is 14.8. The number of hydrogen-bond acceptors (Lipinski definition) is 4. The van der Waals surface area contributed by atoms with Crippen molar-refractivity contribution < 1.29 is 9.47 Å². The highest BCUT2D eigenvalue weighted by molar-refractivity contribution is 9.10. The molecule has 2 heterocycles. The molecule has 0 radical (unpaired) electrons. The van der Waals surface area contributed by atoms with Gasteiger partial charge >= 0.3 is 0 Å². The predicted octanol–water partition coefficient (Wildman–Crippen LogP) is 3.13. The minimum atomic E-state index is 0.594. The summed E-state index contributed by atoms with van der Waals surface area (Å²) < 4.78 is 14.0. The molecule has 0 amide bonds. The molecule has 1 aromatic carbocycles. The highest BCUT2D eigenvalue weighted by atomic mass is 79.9. The van der Waals surface area contributed by atoms with Crippen LogP contribution in [0, 0.1) is 0 Å². The number of rotatable bonds is 4. The zero-order valence-corrected chi connectivity index (χ0v) is 13.7. The normalized spacial score (nSPS) is 13.3. The van der Waals surface area contributed by atoms with Gasteiger partial charge < -0.3 is 14.8 Å². The molecule has 0 aliphatic carbocycles. The van der Waals surface area contributed by atoms with Crippen molar-refractivity contribution in [3.63, 3.8) is 0 Å². The van der Waals surface area contributed by atoms with Crippen LogP contribution in [0.5, 0.6) is 11.5 Å². The van der Waals surface area contributed by atoms with Gasteiger partial charge in [-0.3, -0.25) is 4.68 Å². The number of nitrogens with zero attached hydrogens (tertiary/aromatic N) is 2. The molecule has 3 rings (SSSR count). The smallest absolute Gasteiger partial charge is 0.163 e. The lowest BCUT2D eigenvalue weighted by atomic mass is 10.2. The molecule has 112 valence electrons. The fourth-order valence-corrected chi connectivity index (χ4v) is 2.88. The molecule has 6 heteroatoms. The van der Waals surface area contributed by atoms with Gasteiger partial charge in [-0.2, -0.15) is 5.10 Å². The summed E-state index contributed by atoms with van der Waals surface area (Å²) in [4.78, 5) is 0. The van der Waals surface area contributed by atoms with Gasteiger partial charge in [-0.05, 0) is 22.4 Å². The molecule has 1 N–H and O–H groups in total. The van der Waals surface area contributed by atoms with Crippen LogP contribution in [0.4, 0.5) is 5.69 Å². The summed E-state index contributed by atoms with van der Waals surface area (Å²) in [7, 11) is 1.95. The first-order chi connectivity index (χ1) is 10.2. The summed E-state index contributed by atoms with van der Waals surface area (Å²) in [5.74, 6) is 1.57. The summed E-state index contributed by atoms with van der Waals surface area (Å²) in [5.41, 5.74) is 3.32. The van der Waals surface area contributed by atoms with E-state index in [2.05, 4.69) is 39.5 Å². The van der Waals surface area contributed by atoms with Gasteiger partial charge in [0.1, 0.15) is 13.2 Å². The number of ether oxygens (including phenoxy) is 2. The van der Waals surface area contributed by atoms with Crippen molar-refractivity contribution in [2.45, 2.75) is 19.9 Å². The molecule has 0 unspecified atom stereocenters. The fourth-order valence-electron chi connectivity index (χ4n) is 2.42. The van der Waals surface area contributed by atoms with Gasteiger partial charge in [-0.1, -0.05) is 6.92 Å². The van der Waals surface area contributed by atoms with Crippen LogP contribution in [0.3, 0.4) is 0 Å². The van der Waals surface area contributed by atoms with E-state index in [0.29, 0.717) is 13.2 Å². The van der Waals surface area contributed by atoms with Crippen molar-refractivity contribution in [1.29, 1.82) is 0 Å². The second-order valence-corrected chi connectivity index (χ2v) is 5.81. The summed E-state index contributed by atoms with van der Waals surface area (Å²) in [6.45, 7) is 4.04. The lowest BCUT2D eigenvalue weighted by molar-refractivity contribution is 0.171. The zero-order valence-electron chi connectivity index (χ0n) is 12.1. The van der Waals surface area contributed by atoms with Crippen LogP contribution in [-0.4, -0.2) is 23.0 Å². The lowest BCUT2D eigenvalue weighted by Gasteiger charge is -2.20. The van der Waals surface area contributed by atoms with Crippen molar-refractivity contribution in [2.24, 2.45) is 7.05 Å². The van der Waals surface area contributed by atoms with Gasteiger partial charge in [0, 0.05) is 42.0 Å². The summed E-state index contributed by atoms with van der Waals surface area (Å²) in [6.07, 6.45) is 2.98. The topological polar surface area (TPSA) is 48.3 Å². The van der Waals surface area contributed by atoms with Crippen LogP contribution in [0.2, 0.25) is 0 Å². The summed E-state index contributed by atoms with van der Waals surface area (Å²) >= 11 is 3.57. The monoisotopic (exact) mass is 351 g/mol. The SMILES string of the molecule is CCc1nn(C)cc1CNc1cc2c(cc1Br)OCCO2. The van der Waals surface area contributed by atoms with Gasteiger partial charge in [0.25, 0.3) is 0 Å². The van der Waals surface area contributed by atoms with Gasteiger partial charge in [-0.15, -0.1) is 0 Å². The number of fused-ring (bicyclic) bond motifs is 1. The Morgan fingerprint density at radius 1 is 1.29 bits per heavy atom. The molecule has 0 spiro atoms. The third kappa shape index (κ3) is 3.00. The van der Waals surface area contributed by atoms with Crippen LogP contribution in [0.1, 0.15) is 18.2 Å². The van der Waals surface area contributed by atoms with E-state index in [1.54, 1.807) is 0 Å². The van der Waals surface area contributed by atoms with Crippen LogP contribution in [0.25, 0.3) is 0 Å². The van der Waals surface area contributed by atoms with Crippen molar-refractivity contribution in [1.82, 2.24) is 9.78 Å². The number of aromatic nitrogens is 2. The standard InChI is InChI=1S/C15H18BrN3O2/c1-3-12-10(9-19(2)18-12)8-17-13-7-15-14(6-11(13)16)20-4-5-21-15/h6-7,9,17H,3-5,8H2,1-2H3. The highest BCUT2D eigenvalue weighted by Crippen LogP contribution is 2.38. The Kier molecular flexibility index (Phi) is 4.05. The largest absolute Gasteiger partial charge is 0.486 e. The second kappa shape index (κ2) is 5.97. The Hall–Kier alpha value is -1.69. The Bertz CT molecular complexity index is 655. The molecular formula is C15H18BrN3O2. The highest BCUT2D eigenvalue weighted by Gasteiger charge is 2.15. The molecule has 0 fully saturated rings. The molecule has 0 atom stereocenters. The van der Waals surface area contributed by atoms with Gasteiger partial charge in [-0.25, -0.2) is 0 Å². The first-order valence-electron chi connectivity index (χ1n) is 7.01. The Balaban J connectivity index is 1.78. The second-order valence-electron chi connectivity index (χ2n) is 4.96. The van der Waals surface area contributed by atoms with Crippen LogP contribution < -0.4 is 14.8 Å². The minimum absolute atomic E-state index is 0.594. The maximum absolute atomic E-state index is 5.62. The third-order valence-electron chi connectivity index (χ3n) is 3.43. The first kappa shape index (κ1) is 14.3. The molecule has 5 nitrogen and oxygen atoms in total. The van der Waals surface area contributed by atoms with Crippen molar-refractivity contribution in [3.8, 4) is 11.5 Å². The maximum atomic E-state index is 5.62. The van der Waals surface area contributed by atoms with Crippen molar-refractivity contribution >= 4 is 21.6 Å². The van der Waals surface area contributed by atoms with Gasteiger partial charge in [0.2, 0.25) is 0 Å².